The molecular formula is C12H15IN2O3. The second-order valence-electron chi connectivity index (χ2n) is 3.81. The first-order chi connectivity index (χ1) is 8.65. The molecule has 0 saturated carbocycles. The molecule has 1 N–H and O–H groups in total. The predicted molar refractivity (Wildman–Crippen MR) is 78.2 cm³/mol. The summed E-state index contributed by atoms with van der Waals surface area (Å²) in [7, 11) is 0. The second-order valence-corrected chi connectivity index (χ2v) is 4.89. The number of benzene rings is 1. The number of alkyl halides is 1. The number of halogens is 1. The Balaban J connectivity index is 2.39. The van der Waals surface area contributed by atoms with Crippen molar-refractivity contribution in [3.05, 3.63) is 39.9 Å². The van der Waals surface area contributed by atoms with Crippen molar-refractivity contribution in [3.63, 3.8) is 0 Å². The fourth-order valence-corrected chi connectivity index (χ4v) is 1.97. The minimum absolute atomic E-state index is 0.00593. The molecule has 0 bridgehead atoms. The molecule has 6 heteroatoms. The summed E-state index contributed by atoms with van der Waals surface area (Å²) in [6, 6.07) is 5.62. The van der Waals surface area contributed by atoms with Gasteiger partial charge >= 0.3 is 0 Å². The quantitative estimate of drug-likeness (QED) is 0.267. The summed E-state index contributed by atoms with van der Waals surface area (Å²) in [5.74, 6) is -0.181. The molecule has 0 aliphatic heterocycles. The molecule has 0 heterocycles. The number of nitro groups is 1. The maximum atomic E-state index is 11.7. The summed E-state index contributed by atoms with van der Waals surface area (Å²) in [4.78, 5) is 21.7. The molecule has 0 saturated heterocycles. The van der Waals surface area contributed by atoms with Gasteiger partial charge in [0.15, 0.2) is 0 Å². The maximum Gasteiger partial charge on any atom is 0.269 e. The van der Waals surface area contributed by atoms with Crippen molar-refractivity contribution in [1.82, 2.24) is 5.32 Å². The van der Waals surface area contributed by atoms with E-state index in [0.29, 0.717) is 12.1 Å². The largest absolute Gasteiger partial charge is 0.352 e. The molecule has 18 heavy (non-hydrogen) atoms. The molecule has 1 aromatic rings. The lowest BCUT2D eigenvalue weighted by atomic mass is 10.2. The Morgan fingerprint density at radius 3 is 2.44 bits per heavy atom. The number of hydrogen-bond acceptors (Lipinski definition) is 3. The van der Waals surface area contributed by atoms with E-state index in [1.807, 2.05) is 0 Å². The standard InChI is InChI=1S/C12H15IN2O3/c13-8-2-1-3-9-14-12(16)10-4-6-11(7-5-10)15(17)18/h4-7H,1-3,8-9H2,(H,14,16). The third-order valence-electron chi connectivity index (χ3n) is 2.44. The van der Waals surface area contributed by atoms with Gasteiger partial charge in [-0.25, -0.2) is 0 Å². The summed E-state index contributed by atoms with van der Waals surface area (Å²) in [5, 5.41) is 13.3. The van der Waals surface area contributed by atoms with Crippen LogP contribution < -0.4 is 5.32 Å². The van der Waals surface area contributed by atoms with E-state index in [0.717, 1.165) is 23.7 Å². The average molecular weight is 362 g/mol. The second kappa shape index (κ2) is 8.02. The number of rotatable bonds is 7. The van der Waals surface area contributed by atoms with Crippen LogP contribution in [0.15, 0.2) is 24.3 Å². The Hall–Kier alpha value is -1.18. The number of nitrogens with one attached hydrogen (secondary N) is 1. The monoisotopic (exact) mass is 362 g/mol. The van der Waals surface area contributed by atoms with Gasteiger partial charge in [0.1, 0.15) is 0 Å². The Morgan fingerprint density at radius 2 is 1.89 bits per heavy atom. The molecule has 1 rings (SSSR count). The van der Waals surface area contributed by atoms with E-state index in [4.69, 9.17) is 0 Å². The maximum absolute atomic E-state index is 11.7. The Kier molecular flexibility index (Phi) is 6.63. The van der Waals surface area contributed by atoms with Gasteiger partial charge in [-0.3, -0.25) is 14.9 Å². The zero-order chi connectivity index (χ0) is 13.4. The van der Waals surface area contributed by atoms with Gasteiger partial charge in [-0.2, -0.15) is 0 Å². The lowest BCUT2D eigenvalue weighted by Crippen LogP contribution is -2.24. The van der Waals surface area contributed by atoms with E-state index in [1.165, 1.54) is 24.3 Å². The number of carbonyl (C=O) groups excluding carboxylic acids is 1. The molecule has 0 atom stereocenters. The highest BCUT2D eigenvalue weighted by molar-refractivity contribution is 14.1. The van der Waals surface area contributed by atoms with E-state index in [9.17, 15) is 14.9 Å². The van der Waals surface area contributed by atoms with Crippen LogP contribution in [0, 0.1) is 10.1 Å². The molecule has 5 nitrogen and oxygen atoms in total. The van der Waals surface area contributed by atoms with Crippen molar-refractivity contribution >= 4 is 34.2 Å². The Morgan fingerprint density at radius 1 is 1.22 bits per heavy atom. The molecule has 0 aromatic heterocycles. The summed E-state index contributed by atoms with van der Waals surface area (Å²) in [6.07, 6.45) is 3.22. The van der Waals surface area contributed by atoms with Crippen molar-refractivity contribution in [3.8, 4) is 0 Å². The topological polar surface area (TPSA) is 72.2 Å². The summed E-state index contributed by atoms with van der Waals surface area (Å²) < 4.78 is 1.13. The highest BCUT2D eigenvalue weighted by Crippen LogP contribution is 2.11. The molecule has 0 aliphatic carbocycles. The van der Waals surface area contributed by atoms with Gasteiger partial charge in [0.2, 0.25) is 0 Å². The van der Waals surface area contributed by atoms with E-state index in [-0.39, 0.29) is 11.6 Å². The number of amides is 1. The Labute approximate surface area is 119 Å². The average Bonchev–Trinajstić information content (AvgIpc) is 2.38. The van der Waals surface area contributed by atoms with Crippen molar-refractivity contribution in [2.45, 2.75) is 19.3 Å². The molecule has 1 amide bonds. The van der Waals surface area contributed by atoms with Gasteiger partial charge in [-0.1, -0.05) is 29.0 Å². The van der Waals surface area contributed by atoms with E-state index < -0.39 is 4.92 Å². The summed E-state index contributed by atoms with van der Waals surface area (Å²) in [5.41, 5.74) is 0.447. The third kappa shape index (κ3) is 4.99. The molecule has 0 radical (unpaired) electrons. The normalized spacial score (nSPS) is 10.1. The van der Waals surface area contributed by atoms with Crippen LogP contribution in [0.2, 0.25) is 0 Å². The number of nitrogens with zero attached hydrogens (tertiary/aromatic N) is 1. The first kappa shape index (κ1) is 14.9. The SMILES string of the molecule is O=C(NCCCCCI)c1ccc([N+](=O)[O-])cc1. The van der Waals surface area contributed by atoms with Crippen LogP contribution in [-0.2, 0) is 0 Å². The number of carbonyl (C=O) groups is 1. The minimum Gasteiger partial charge on any atom is -0.352 e. The fraction of sp³-hybridized carbons (Fsp3) is 0.417. The van der Waals surface area contributed by atoms with Crippen molar-refractivity contribution in [2.75, 3.05) is 11.0 Å². The van der Waals surface area contributed by atoms with Crippen LogP contribution in [0.4, 0.5) is 5.69 Å². The van der Waals surface area contributed by atoms with Crippen molar-refractivity contribution in [1.29, 1.82) is 0 Å². The first-order valence-corrected chi connectivity index (χ1v) is 7.26. The van der Waals surface area contributed by atoms with Crippen molar-refractivity contribution in [2.24, 2.45) is 0 Å². The van der Waals surface area contributed by atoms with Gasteiger partial charge in [0, 0.05) is 24.2 Å². The molecule has 0 fully saturated rings. The Bertz CT molecular complexity index is 406. The number of unbranched alkanes of at least 4 members (excludes halogenated alkanes) is 2. The third-order valence-corrected chi connectivity index (χ3v) is 3.20. The molecule has 1 aromatic carbocycles. The van der Waals surface area contributed by atoms with Gasteiger partial charge in [0.25, 0.3) is 11.6 Å². The molecule has 0 unspecified atom stereocenters. The van der Waals surface area contributed by atoms with E-state index in [1.54, 1.807) is 0 Å². The van der Waals surface area contributed by atoms with Crippen LogP contribution in [0.5, 0.6) is 0 Å². The zero-order valence-electron chi connectivity index (χ0n) is 9.89. The van der Waals surface area contributed by atoms with Crippen LogP contribution in [-0.4, -0.2) is 21.8 Å². The number of non-ortho nitro benzene ring substituents is 1. The van der Waals surface area contributed by atoms with Gasteiger partial charge < -0.3 is 5.32 Å². The minimum atomic E-state index is -0.480. The van der Waals surface area contributed by atoms with E-state index >= 15 is 0 Å². The lowest BCUT2D eigenvalue weighted by molar-refractivity contribution is -0.384. The summed E-state index contributed by atoms with van der Waals surface area (Å²) >= 11 is 2.33. The van der Waals surface area contributed by atoms with Gasteiger partial charge in [-0.15, -0.1) is 0 Å². The highest BCUT2D eigenvalue weighted by atomic mass is 127. The fourth-order valence-electron chi connectivity index (χ4n) is 1.43. The lowest BCUT2D eigenvalue weighted by Gasteiger charge is -2.04. The number of hydrogen-bond donors (Lipinski definition) is 1. The van der Waals surface area contributed by atoms with Crippen molar-refractivity contribution < 1.29 is 9.72 Å². The first-order valence-electron chi connectivity index (χ1n) is 5.74. The highest BCUT2D eigenvalue weighted by Gasteiger charge is 2.08. The molecule has 98 valence electrons. The van der Waals surface area contributed by atoms with Crippen LogP contribution in [0.25, 0.3) is 0 Å². The van der Waals surface area contributed by atoms with Crippen LogP contribution in [0.3, 0.4) is 0 Å². The zero-order valence-corrected chi connectivity index (χ0v) is 12.1. The van der Waals surface area contributed by atoms with Gasteiger partial charge in [-0.05, 0) is 29.4 Å². The molecule has 0 spiro atoms. The van der Waals surface area contributed by atoms with Gasteiger partial charge in [0.05, 0.1) is 4.92 Å². The number of nitro benzene ring substituents is 1. The smallest absolute Gasteiger partial charge is 0.269 e. The van der Waals surface area contributed by atoms with Crippen LogP contribution >= 0.6 is 22.6 Å². The van der Waals surface area contributed by atoms with Crippen LogP contribution in [0.1, 0.15) is 29.6 Å². The molecular weight excluding hydrogens is 347 g/mol. The predicted octanol–water partition coefficient (Wildman–Crippen LogP) is 2.93. The van der Waals surface area contributed by atoms with E-state index in [2.05, 4.69) is 27.9 Å². The molecule has 0 aliphatic rings. The summed E-state index contributed by atoms with van der Waals surface area (Å²) in [6.45, 7) is 0.645.